The summed E-state index contributed by atoms with van der Waals surface area (Å²) in [5.74, 6) is 0. The average molecular weight is 281 g/mol. The van der Waals surface area contributed by atoms with Gasteiger partial charge in [-0.25, -0.2) is 4.79 Å². The van der Waals surface area contributed by atoms with Gasteiger partial charge in [0.05, 0.1) is 6.61 Å². The highest BCUT2D eigenvalue weighted by molar-refractivity contribution is 5.85. The first kappa shape index (κ1) is 17.5. The van der Waals surface area contributed by atoms with Crippen LogP contribution in [-0.2, 0) is 4.74 Å². The summed E-state index contributed by atoms with van der Waals surface area (Å²) < 4.78 is 5.14. The van der Waals surface area contributed by atoms with Gasteiger partial charge in [0.2, 0.25) is 0 Å². The summed E-state index contributed by atoms with van der Waals surface area (Å²) in [6.07, 6.45) is 1.79. The van der Waals surface area contributed by atoms with Crippen molar-refractivity contribution in [1.82, 2.24) is 10.2 Å². The molecule has 1 aliphatic rings. The monoisotopic (exact) mass is 280 g/mol. The molecule has 0 radical (unpaired) electrons. The molecule has 6 heteroatoms. The van der Waals surface area contributed by atoms with E-state index in [2.05, 4.69) is 10.2 Å². The molecule has 2 N–H and O–H groups in total. The van der Waals surface area contributed by atoms with E-state index >= 15 is 0 Å². The molecule has 1 rings (SSSR count). The molecule has 0 aliphatic carbocycles. The molecular formula is C12H25ClN2O3. The summed E-state index contributed by atoms with van der Waals surface area (Å²) in [7, 11) is 0. The Morgan fingerprint density at radius 1 is 1.50 bits per heavy atom. The zero-order valence-corrected chi connectivity index (χ0v) is 12.3. The van der Waals surface area contributed by atoms with Gasteiger partial charge in [-0.05, 0) is 40.2 Å². The van der Waals surface area contributed by atoms with Crippen molar-refractivity contribution in [3.8, 4) is 0 Å². The predicted octanol–water partition coefficient (Wildman–Crippen LogP) is 1.39. The lowest BCUT2D eigenvalue weighted by Gasteiger charge is -2.23. The first-order chi connectivity index (χ1) is 7.92. The van der Waals surface area contributed by atoms with Crippen molar-refractivity contribution >= 4 is 18.5 Å². The minimum Gasteiger partial charge on any atom is -0.444 e. The predicted molar refractivity (Wildman–Crippen MR) is 73.2 cm³/mol. The highest BCUT2D eigenvalue weighted by Gasteiger charge is 2.23. The first-order valence-corrected chi connectivity index (χ1v) is 6.24. The first-order valence-electron chi connectivity index (χ1n) is 6.24. The van der Waals surface area contributed by atoms with Crippen molar-refractivity contribution in [2.24, 2.45) is 0 Å². The van der Waals surface area contributed by atoms with E-state index in [-0.39, 0.29) is 31.1 Å². The van der Waals surface area contributed by atoms with Gasteiger partial charge in [0.15, 0.2) is 0 Å². The number of amides is 1. The molecule has 1 fully saturated rings. The zero-order valence-electron chi connectivity index (χ0n) is 11.4. The molecule has 0 bridgehead atoms. The third-order valence-electron chi connectivity index (χ3n) is 2.78. The second-order valence-electron chi connectivity index (χ2n) is 5.44. The summed E-state index contributed by atoms with van der Waals surface area (Å²) in [4.78, 5) is 13.6. The fourth-order valence-corrected chi connectivity index (χ4v) is 2.01. The highest BCUT2D eigenvalue weighted by Crippen LogP contribution is 2.15. The van der Waals surface area contributed by atoms with Gasteiger partial charge in [0.1, 0.15) is 5.60 Å². The van der Waals surface area contributed by atoms with Crippen LogP contribution in [0.5, 0.6) is 0 Å². The van der Waals surface area contributed by atoms with E-state index in [4.69, 9.17) is 9.84 Å². The number of rotatable bonds is 4. The third-order valence-corrected chi connectivity index (χ3v) is 2.78. The lowest BCUT2D eigenvalue weighted by Crippen LogP contribution is -2.40. The number of alkyl carbamates (subject to hydrolysis) is 1. The van der Waals surface area contributed by atoms with Gasteiger partial charge in [-0.1, -0.05) is 0 Å². The van der Waals surface area contributed by atoms with Crippen molar-refractivity contribution in [2.45, 2.75) is 45.3 Å². The molecule has 0 unspecified atom stereocenters. The van der Waals surface area contributed by atoms with Crippen LogP contribution in [0.15, 0.2) is 0 Å². The summed E-state index contributed by atoms with van der Waals surface area (Å²) in [5.41, 5.74) is -0.453. The summed E-state index contributed by atoms with van der Waals surface area (Å²) >= 11 is 0. The summed E-state index contributed by atoms with van der Waals surface area (Å²) in [5, 5.41) is 11.9. The van der Waals surface area contributed by atoms with E-state index in [0.717, 1.165) is 25.9 Å². The van der Waals surface area contributed by atoms with Crippen molar-refractivity contribution < 1.29 is 14.6 Å². The average Bonchev–Trinajstić information content (AvgIpc) is 2.62. The van der Waals surface area contributed by atoms with Crippen LogP contribution in [0.4, 0.5) is 4.79 Å². The maximum atomic E-state index is 11.4. The van der Waals surface area contributed by atoms with Crippen LogP contribution in [0.3, 0.4) is 0 Å². The van der Waals surface area contributed by atoms with E-state index in [1.165, 1.54) is 0 Å². The maximum Gasteiger partial charge on any atom is 0.407 e. The minimum atomic E-state index is -0.453. The normalized spacial score (nSPS) is 20.3. The van der Waals surface area contributed by atoms with Gasteiger partial charge in [-0.2, -0.15) is 0 Å². The Labute approximate surface area is 115 Å². The van der Waals surface area contributed by atoms with Crippen LogP contribution in [0.2, 0.25) is 0 Å². The van der Waals surface area contributed by atoms with Gasteiger partial charge in [0, 0.05) is 19.1 Å². The number of carbonyl (C=O) groups excluding carboxylic acids is 1. The van der Waals surface area contributed by atoms with Crippen LogP contribution in [0, 0.1) is 0 Å². The quantitative estimate of drug-likeness (QED) is 0.817. The summed E-state index contributed by atoms with van der Waals surface area (Å²) in [6, 6.07) is 0.260. The Hall–Kier alpha value is -0.520. The molecule has 1 amide bonds. The number of halogens is 1. The lowest BCUT2D eigenvalue weighted by atomic mass is 10.2. The molecule has 1 saturated heterocycles. The zero-order chi connectivity index (χ0) is 12.9. The van der Waals surface area contributed by atoms with Gasteiger partial charge in [-0.15, -0.1) is 12.4 Å². The summed E-state index contributed by atoms with van der Waals surface area (Å²) in [6.45, 7) is 8.06. The van der Waals surface area contributed by atoms with Gasteiger partial charge >= 0.3 is 6.09 Å². The SMILES string of the molecule is CC(C)(C)OC(=O)NCCN1CCC[C@H]1CO.Cl. The smallest absolute Gasteiger partial charge is 0.407 e. The molecule has 5 nitrogen and oxygen atoms in total. The number of nitrogens with one attached hydrogen (secondary N) is 1. The van der Waals surface area contributed by atoms with Crippen molar-refractivity contribution in [3.63, 3.8) is 0 Å². The van der Waals surface area contributed by atoms with Crippen molar-refractivity contribution in [2.75, 3.05) is 26.2 Å². The van der Waals surface area contributed by atoms with E-state index < -0.39 is 5.60 Å². The number of aliphatic hydroxyl groups excluding tert-OH is 1. The number of aliphatic hydroxyl groups is 1. The van der Waals surface area contributed by atoms with E-state index in [0.29, 0.717) is 6.54 Å². The largest absolute Gasteiger partial charge is 0.444 e. The highest BCUT2D eigenvalue weighted by atomic mass is 35.5. The Balaban J connectivity index is 0.00000289. The molecule has 1 heterocycles. The van der Waals surface area contributed by atoms with E-state index in [1.807, 2.05) is 20.8 Å². The molecule has 0 aromatic heterocycles. The number of likely N-dealkylation sites (tertiary alicyclic amines) is 1. The molecular weight excluding hydrogens is 256 g/mol. The van der Waals surface area contributed by atoms with E-state index in [9.17, 15) is 4.79 Å². The van der Waals surface area contributed by atoms with Gasteiger partial charge in [-0.3, -0.25) is 4.90 Å². The number of hydrogen-bond donors (Lipinski definition) is 2. The topological polar surface area (TPSA) is 61.8 Å². The fraction of sp³-hybridized carbons (Fsp3) is 0.917. The van der Waals surface area contributed by atoms with E-state index in [1.54, 1.807) is 0 Å². The van der Waals surface area contributed by atoms with Crippen LogP contribution in [0.1, 0.15) is 33.6 Å². The molecule has 108 valence electrons. The molecule has 0 aromatic rings. The Kier molecular flexibility index (Phi) is 7.59. The van der Waals surface area contributed by atoms with Gasteiger partial charge in [0.25, 0.3) is 0 Å². The van der Waals surface area contributed by atoms with Crippen molar-refractivity contribution in [3.05, 3.63) is 0 Å². The Morgan fingerprint density at radius 2 is 2.17 bits per heavy atom. The number of nitrogens with zero attached hydrogens (tertiary/aromatic N) is 1. The fourth-order valence-electron chi connectivity index (χ4n) is 2.01. The Bertz CT molecular complexity index is 256. The molecule has 1 aliphatic heterocycles. The maximum absolute atomic E-state index is 11.4. The number of hydrogen-bond acceptors (Lipinski definition) is 4. The molecule has 0 aromatic carbocycles. The van der Waals surface area contributed by atoms with Gasteiger partial charge < -0.3 is 15.2 Å². The van der Waals surface area contributed by atoms with Crippen LogP contribution >= 0.6 is 12.4 Å². The van der Waals surface area contributed by atoms with Crippen molar-refractivity contribution in [1.29, 1.82) is 0 Å². The standard InChI is InChI=1S/C12H24N2O3.ClH/c1-12(2,3)17-11(16)13-6-8-14-7-4-5-10(14)9-15;/h10,15H,4-9H2,1-3H3,(H,13,16);1H/t10-;/m0./s1. The Morgan fingerprint density at radius 3 is 2.72 bits per heavy atom. The molecule has 0 spiro atoms. The van der Waals surface area contributed by atoms with Crippen LogP contribution in [0.25, 0.3) is 0 Å². The number of carbonyl (C=O) groups is 1. The van der Waals surface area contributed by atoms with Crippen LogP contribution < -0.4 is 5.32 Å². The molecule has 18 heavy (non-hydrogen) atoms. The lowest BCUT2D eigenvalue weighted by molar-refractivity contribution is 0.0519. The minimum absolute atomic E-state index is 0. The third kappa shape index (κ3) is 6.42. The number of ether oxygens (including phenoxy) is 1. The molecule has 0 saturated carbocycles. The second kappa shape index (κ2) is 7.81. The van der Waals surface area contributed by atoms with Crippen LogP contribution in [-0.4, -0.2) is 54.0 Å². The molecule has 1 atom stereocenters. The second-order valence-corrected chi connectivity index (χ2v) is 5.44.